The molecule has 2 aromatic heterocycles. The Morgan fingerprint density at radius 1 is 1.16 bits per heavy atom. The zero-order valence-corrected chi connectivity index (χ0v) is 11.5. The molecule has 0 saturated heterocycles. The van der Waals surface area contributed by atoms with Crippen molar-refractivity contribution in [2.45, 2.75) is 51.9 Å². The minimum Gasteiger partial charge on any atom is -0.269 e. The lowest BCUT2D eigenvalue weighted by atomic mass is 9.87. The molecule has 0 spiro atoms. The lowest BCUT2D eigenvalue weighted by Gasteiger charge is -2.21. The molecular weight excluding hydrogens is 238 g/mol. The SMILES string of the molecule is Cc1cc(=O)n2cc(C3CCCCC3)nc(C)c2n1. The second-order valence-corrected chi connectivity index (χ2v) is 5.52. The molecule has 1 aliphatic rings. The lowest BCUT2D eigenvalue weighted by Crippen LogP contribution is -2.18. The van der Waals surface area contributed by atoms with Gasteiger partial charge >= 0.3 is 0 Å². The van der Waals surface area contributed by atoms with Gasteiger partial charge in [-0.25, -0.2) is 4.98 Å². The van der Waals surface area contributed by atoms with E-state index in [1.54, 1.807) is 10.5 Å². The highest BCUT2D eigenvalue weighted by atomic mass is 16.1. The molecule has 0 radical (unpaired) electrons. The summed E-state index contributed by atoms with van der Waals surface area (Å²) in [7, 11) is 0. The Hall–Kier alpha value is -1.71. The maximum absolute atomic E-state index is 12.1. The predicted octanol–water partition coefficient (Wildman–Crippen LogP) is 2.75. The Morgan fingerprint density at radius 2 is 1.89 bits per heavy atom. The number of aromatic nitrogens is 3. The van der Waals surface area contributed by atoms with Crippen LogP contribution in [-0.4, -0.2) is 14.4 Å². The van der Waals surface area contributed by atoms with Crippen LogP contribution in [0, 0.1) is 13.8 Å². The minimum absolute atomic E-state index is 0.00920. The molecule has 0 aliphatic heterocycles. The predicted molar refractivity (Wildman–Crippen MR) is 74.6 cm³/mol. The van der Waals surface area contributed by atoms with Gasteiger partial charge in [0.15, 0.2) is 5.65 Å². The van der Waals surface area contributed by atoms with Gasteiger partial charge in [-0.1, -0.05) is 19.3 Å². The van der Waals surface area contributed by atoms with Crippen LogP contribution < -0.4 is 5.56 Å². The number of hydrogen-bond acceptors (Lipinski definition) is 3. The lowest BCUT2D eigenvalue weighted by molar-refractivity contribution is 0.435. The Labute approximate surface area is 112 Å². The Balaban J connectivity index is 2.15. The average molecular weight is 257 g/mol. The molecule has 1 aliphatic carbocycles. The van der Waals surface area contributed by atoms with Crippen molar-refractivity contribution in [2.75, 3.05) is 0 Å². The van der Waals surface area contributed by atoms with Crippen LogP contribution in [0.2, 0.25) is 0 Å². The number of fused-ring (bicyclic) bond motifs is 1. The number of rotatable bonds is 1. The fourth-order valence-electron chi connectivity index (χ4n) is 2.99. The second-order valence-electron chi connectivity index (χ2n) is 5.52. The highest BCUT2D eigenvalue weighted by Gasteiger charge is 2.18. The molecule has 19 heavy (non-hydrogen) atoms. The molecule has 0 atom stereocenters. The summed E-state index contributed by atoms with van der Waals surface area (Å²) in [5.74, 6) is 0.505. The van der Waals surface area contributed by atoms with Crippen LogP contribution >= 0.6 is 0 Å². The van der Waals surface area contributed by atoms with Crippen molar-refractivity contribution in [1.29, 1.82) is 0 Å². The fourth-order valence-corrected chi connectivity index (χ4v) is 2.99. The van der Waals surface area contributed by atoms with Crippen molar-refractivity contribution in [3.8, 4) is 0 Å². The molecule has 2 heterocycles. The van der Waals surface area contributed by atoms with Gasteiger partial charge in [0.2, 0.25) is 0 Å². The number of hydrogen-bond donors (Lipinski definition) is 0. The van der Waals surface area contributed by atoms with Crippen molar-refractivity contribution < 1.29 is 0 Å². The normalized spacial score (nSPS) is 16.9. The van der Waals surface area contributed by atoms with E-state index in [1.165, 1.54) is 32.1 Å². The van der Waals surface area contributed by atoms with Gasteiger partial charge in [-0.2, -0.15) is 0 Å². The second kappa shape index (κ2) is 4.76. The first-order valence-electron chi connectivity index (χ1n) is 7.03. The summed E-state index contributed by atoms with van der Waals surface area (Å²) >= 11 is 0. The van der Waals surface area contributed by atoms with E-state index in [4.69, 9.17) is 0 Å². The van der Waals surface area contributed by atoms with Crippen molar-refractivity contribution in [3.05, 3.63) is 39.7 Å². The standard InChI is InChI=1S/C15H19N3O/c1-10-8-14(19)18-9-13(12-6-4-3-5-7-12)17-11(2)15(18)16-10/h8-9,12H,3-7H2,1-2H3. The molecule has 0 bridgehead atoms. The summed E-state index contributed by atoms with van der Waals surface area (Å²) < 4.78 is 1.65. The van der Waals surface area contributed by atoms with Gasteiger partial charge in [0.1, 0.15) is 0 Å². The molecule has 2 aromatic rings. The summed E-state index contributed by atoms with van der Waals surface area (Å²) in [6.45, 7) is 3.78. The van der Waals surface area contributed by atoms with E-state index < -0.39 is 0 Å². The third kappa shape index (κ3) is 2.27. The van der Waals surface area contributed by atoms with Gasteiger partial charge < -0.3 is 0 Å². The minimum atomic E-state index is -0.00920. The Bertz CT molecular complexity index is 669. The summed E-state index contributed by atoms with van der Waals surface area (Å²) in [5.41, 5.74) is 3.33. The smallest absolute Gasteiger partial charge is 0.258 e. The third-order valence-electron chi connectivity index (χ3n) is 3.99. The van der Waals surface area contributed by atoms with E-state index in [0.717, 1.165) is 17.1 Å². The van der Waals surface area contributed by atoms with Crippen molar-refractivity contribution in [1.82, 2.24) is 14.4 Å². The molecular formula is C15H19N3O. The topological polar surface area (TPSA) is 47.3 Å². The van der Waals surface area contributed by atoms with Gasteiger partial charge in [0, 0.05) is 23.9 Å². The first-order valence-corrected chi connectivity index (χ1v) is 7.03. The van der Waals surface area contributed by atoms with E-state index in [2.05, 4.69) is 9.97 Å². The van der Waals surface area contributed by atoms with Crippen LogP contribution in [0.5, 0.6) is 0 Å². The highest BCUT2D eigenvalue weighted by molar-refractivity contribution is 5.44. The first-order chi connectivity index (χ1) is 9.15. The quantitative estimate of drug-likeness (QED) is 0.789. The van der Waals surface area contributed by atoms with Gasteiger partial charge in [-0.3, -0.25) is 14.2 Å². The molecule has 0 amide bonds. The van der Waals surface area contributed by atoms with Gasteiger partial charge in [-0.15, -0.1) is 0 Å². The van der Waals surface area contributed by atoms with Crippen molar-refractivity contribution >= 4 is 5.65 Å². The van der Waals surface area contributed by atoms with Crippen molar-refractivity contribution in [2.24, 2.45) is 0 Å². The third-order valence-corrected chi connectivity index (χ3v) is 3.99. The van der Waals surface area contributed by atoms with Crippen LogP contribution in [0.3, 0.4) is 0 Å². The van der Waals surface area contributed by atoms with Gasteiger partial charge in [-0.05, 0) is 26.7 Å². The van der Waals surface area contributed by atoms with Gasteiger partial charge in [0.25, 0.3) is 5.56 Å². The largest absolute Gasteiger partial charge is 0.269 e. The van der Waals surface area contributed by atoms with Crippen LogP contribution in [0.25, 0.3) is 5.65 Å². The van der Waals surface area contributed by atoms with Crippen LogP contribution in [-0.2, 0) is 0 Å². The monoisotopic (exact) mass is 257 g/mol. The van der Waals surface area contributed by atoms with Crippen LogP contribution in [0.4, 0.5) is 0 Å². The summed E-state index contributed by atoms with van der Waals surface area (Å²) in [6, 6.07) is 1.58. The van der Waals surface area contributed by atoms with E-state index in [0.29, 0.717) is 11.6 Å². The molecule has 0 aromatic carbocycles. The van der Waals surface area contributed by atoms with E-state index in [9.17, 15) is 4.79 Å². The summed E-state index contributed by atoms with van der Waals surface area (Å²) in [6.07, 6.45) is 8.13. The number of nitrogens with zero attached hydrogens (tertiary/aromatic N) is 3. The molecule has 0 N–H and O–H groups in total. The Morgan fingerprint density at radius 3 is 2.63 bits per heavy atom. The molecule has 4 nitrogen and oxygen atoms in total. The molecule has 1 fully saturated rings. The van der Waals surface area contributed by atoms with Crippen molar-refractivity contribution in [3.63, 3.8) is 0 Å². The average Bonchev–Trinajstić information content (AvgIpc) is 2.41. The molecule has 3 rings (SSSR count). The highest BCUT2D eigenvalue weighted by Crippen LogP contribution is 2.31. The van der Waals surface area contributed by atoms with Gasteiger partial charge in [0.05, 0.1) is 11.4 Å². The summed E-state index contributed by atoms with van der Waals surface area (Å²) in [4.78, 5) is 21.2. The van der Waals surface area contributed by atoms with Crippen LogP contribution in [0.15, 0.2) is 17.1 Å². The molecule has 0 unspecified atom stereocenters. The molecule has 100 valence electrons. The zero-order valence-electron chi connectivity index (χ0n) is 11.5. The fraction of sp³-hybridized carbons (Fsp3) is 0.533. The van der Waals surface area contributed by atoms with E-state index in [1.807, 2.05) is 20.0 Å². The molecule has 4 heteroatoms. The maximum atomic E-state index is 12.1. The molecule has 1 saturated carbocycles. The first kappa shape index (κ1) is 12.3. The number of aryl methyl sites for hydroxylation is 2. The zero-order chi connectivity index (χ0) is 13.4. The summed E-state index contributed by atoms with van der Waals surface area (Å²) in [5, 5.41) is 0. The van der Waals surface area contributed by atoms with Crippen LogP contribution in [0.1, 0.15) is 55.1 Å². The van der Waals surface area contributed by atoms with E-state index >= 15 is 0 Å². The Kier molecular flexibility index (Phi) is 3.09. The van der Waals surface area contributed by atoms with E-state index in [-0.39, 0.29) is 5.56 Å². The maximum Gasteiger partial charge on any atom is 0.258 e.